The third-order valence-electron chi connectivity index (χ3n) is 8.71. The van der Waals surface area contributed by atoms with Gasteiger partial charge in [-0.2, -0.15) is 10.2 Å². The molecule has 0 radical (unpaired) electrons. The lowest BCUT2D eigenvalue weighted by Crippen LogP contribution is -2.42. The number of carbonyl (C=O) groups is 1. The van der Waals surface area contributed by atoms with Gasteiger partial charge in [0.15, 0.2) is 11.6 Å². The lowest BCUT2D eigenvalue weighted by Gasteiger charge is -2.31. The van der Waals surface area contributed by atoms with Gasteiger partial charge in [-0.05, 0) is 55.2 Å². The Morgan fingerprint density at radius 3 is 2.51 bits per heavy atom. The van der Waals surface area contributed by atoms with Crippen LogP contribution in [0.1, 0.15) is 54.8 Å². The number of carbonyl (C=O) groups excluding carboxylic acids is 1. The first kappa shape index (κ1) is 27.3. The molecule has 41 heavy (non-hydrogen) atoms. The lowest BCUT2D eigenvalue weighted by molar-refractivity contribution is -0.121. The summed E-state index contributed by atoms with van der Waals surface area (Å²) in [7, 11) is 1.86. The van der Waals surface area contributed by atoms with Crippen molar-refractivity contribution in [3.05, 3.63) is 89.4 Å². The predicted octanol–water partition coefficient (Wildman–Crippen LogP) is 5.32. The summed E-state index contributed by atoms with van der Waals surface area (Å²) in [6.07, 6.45) is 9.77. The van der Waals surface area contributed by atoms with Crippen molar-refractivity contribution in [2.45, 2.75) is 63.5 Å². The minimum atomic E-state index is -0.856. The van der Waals surface area contributed by atoms with Crippen molar-refractivity contribution >= 4 is 5.91 Å². The minimum Gasteiger partial charge on any atom is -0.351 e. The van der Waals surface area contributed by atoms with Crippen molar-refractivity contribution in [2.24, 2.45) is 7.05 Å². The molecule has 1 saturated heterocycles. The Hall–Kier alpha value is -3.85. The van der Waals surface area contributed by atoms with Crippen molar-refractivity contribution < 1.29 is 13.6 Å². The molecule has 2 aromatic carbocycles. The van der Waals surface area contributed by atoms with E-state index in [0.717, 1.165) is 46.6 Å². The first-order chi connectivity index (χ1) is 19.9. The Morgan fingerprint density at radius 1 is 1.02 bits per heavy atom. The molecule has 1 saturated carbocycles. The smallest absolute Gasteiger partial charge is 0.226 e. The Kier molecular flexibility index (Phi) is 7.71. The predicted molar refractivity (Wildman–Crippen MR) is 154 cm³/mol. The van der Waals surface area contributed by atoms with Gasteiger partial charge in [0.05, 0.1) is 29.7 Å². The molecule has 6 rings (SSSR count). The number of nitrogens with zero attached hydrogens (tertiary/aromatic N) is 5. The number of nitrogens with one attached hydrogen (secondary N) is 1. The molecule has 3 heterocycles. The molecule has 1 aliphatic carbocycles. The van der Waals surface area contributed by atoms with Crippen molar-refractivity contribution in [1.82, 2.24) is 29.8 Å². The van der Waals surface area contributed by atoms with Gasteiger partial charge in [-0.25, -0.2) is 13.5 Å². The van der Waals surface area contributed by atoms with E-state index < -0.39 is 11.6 Å². The number of rotatable bonds is 7. The first-order valence-corrected chi connectivity index (χ1v) is 14.5. The molecule has 4 aromatic rings. The van der Waals surface area contributed by atoms with Crippen LogP contribution >= 0.6 is 0 Å². The van der Waals surface area contributed by atoms with E-state index in [-0.39, 0.29) is 24.3 Å². The van der Waals surface area contributed by atoms with Crippen LogP contribution in [-0.2, 0) is 18.3 Å². The summed E-state index contributed by atoms with van der Waals surface area (Å²) >= 11 is 0. The van der Waals surface area contributed by atoms with Crippen LogP contribution in [0.2, 0.25) is 0 Å². The summed E-state index contributed by atoms with van der Waals surface area (Å²) in [6, 6.07) is 14.2. The monoisotopic (exact) mass is 558 g/mol. The van der Waals surface area contributed by atoms with Crippen LogP contribution < -0.4 is 5.32 Å². The van der Waals surface area contributed by atoms with Crippen LogP contribution in [0.3, 0.4) is 0 Å². The van der Waals surface area contributed by atoms with Crippen LogP contribution in [0.5, 0.6) is 0 Å². The van der Waals surface area contributed by atoms with Gasteiger partial charge in [-0.3, -0.25) is 14.4 Å². The van der Waals surface area contributed by atoms with Crippen molar-refractivity contribution in [1.29, 1.82) is 0 Å². The SMILES string of the molecule is Cc1c(-c2cnn(C)c2)nn(-c2ccccc2)c1CC(=O)N[C@@H]1CN(C2CCCCC2)C[C@H]1c1ccc(F)c(F)c1. The van der Waals surface area contributed by atoms with E-state index in [4.69, 9.17) is 5.10 Å². The Balaban J connectivity index is 1.28. The summed E-state index contributed by atoms with van der Waals surface area (Å²) in [5.41, 5.74) is 4.99. The highest BCUT2D eigenvalue weighted by Gasteiger charge is 2.38. The van der Waals surface area contributed by atoms with Crippen LogP contribution in [0.15, 0.2) is 60.9 Å². The highest BCUT2D eigenvalue weighted by molar-refractivity contribution is 5.80. The molecule has 2 fully saturated rings. The van der Waals surface area contributed by atoms with Crippen LogP contribution in [0.25, 0.3) is 16.9 Å². The molecule has 2 aromatic heterocycles. The van der Waals surface area contributed by atoms with E-state index in [1.807, 2.05) is 55.2 Å². The Labute approximate surface area is 239 Å². The molecule has 2 atom stereocenters. The van der Waals surface area contributed by atoms with E-state index >= 15 is 0 Å². The van der Waals surface area contributed by atoms with E-state index in [0.29, 0.717) is 19.1 Å². The lowest BCUT2D eigenvalue weighted by atomic mass is 9.93. The summed E-state index contributed by atoms with van der Waals surface area (Å²) in [6.45, 7) is 3.40. The summed E-state index contributed by atoms with van der Waals surface area (Å²) in [5.74, 6) is -1.95. The zero-order valence-electron chi connectivity index (χ0n) is 23.6. The maximum absolute atomic E-state index is 14.3. The molecule has 2 aliphatic rings. The summed E-state index contributed by atoms with van der Waals surface area (Å²) in [5, 5.41) is 12.5. The van der Waals surface area contributed by atoms with Crippen molar-refractivity contribution in [3.63, 3.8) is 0 Å². The number of halogens is 2. The Bertz CT molecular complexity index is 1520. The molecule has 0 unspecified atom stereocenters. The average Bonchev–Trinajstić information content (AvgIpc) is 3.69. The summed E-state index contributed by atoms with van der Waals surface area (Å²) in [4.78, 5) is 16.2. The van der Waals surface area contributed by atoms with Gasteiger partial charge < -0.3 is 5.32 Å². The highest BCUT2D eigenvalue weighted by atomic mass is 19.2. The van der Waals surface area contributed by atoms with Crippen LogP contribution in [0.4, 0.5) is 8.78 Å². The third-order valence-corrected chi connectivity index (χ3v) is 8.71. The number of hydrogen-bond donors (Lipinski definition) is 1. The number of hydrogen-bond acceptors (Lipinski definition) is 4. The van der Waals surface area contributed by atoms with Crippen molar-refractivity contribution in [3.8, 4) is 16.9 Å². The number of aryl methyl sites for hydroxylation is 1. The van der Waals surface area contributed by atoms with Gasteiger partial charge in [0.25, 0.3) is 0 Å². The number of likely N-dealkylation sites (tertiary alicyclic amines) is 1. The second kappa shape index (κ2) is 11.6. The fraction of sp³-hybridized carbons (Fsp3) is 0.406. The Morgan fingerprint density at radius 2 is 1.80 bits per heavy atom. The largest absolute Gasteiger partial charge is 0.351 e. The number of aromatic nitrogens is 4. The van der Waals surface area contributed by atoms with Gasteiger partial charge in [0.2, 0.25) is 5.91 Å². The fourth-order valence-corrected chi connectivity index (χ4v) is 6.55. The summed E-state index contributed by atoms with van der Waals surface area (Å²) < 4.78 is 31.6. The average molecular weight is 559 g/mol. The number of benzene rings is 2. The third kappa shape index (κ3) is 5.68. The van der Waals surface area contributed by atoms with Gasteiger partial charge in [0.1, 0.15) is 0 Å². The highest BCUT2D eigenvalue weighted by Crippen LogP contribution is 2.34. The molecule has 0 bridgehead atoms. The second-order valence-electron chi connectivity index (χ2n) is 11.4. The van der Waals surface area contributed by atoms with E-state index in [9.17, 15) is 13.6 Å². The molecular formula is C32H36F2N6O. The molecule has 7 nitrogen and oxygen atoms in total. The molecule has 9 heteroatoms. The quantitative estimate of drug-likeness (QED) is 0.334. The standard InChI is InChI=1S/C32H36F2N6O/c1-21-30(40(25-11-7-4-8-12-25)37-32(21)23-17-35-38(2)18-23)16-31(41)36-29-20-39(24-9-5-3-6-10-24)19-26(29)22-13-14-27(33)28(34)15-22/h4,7-8,11-15,17-18,24,26,29H,3,5-6,9-10,16,19-20H2,1-2H3,(H,36,41)/t26-,29+/m0/s1. The number of para-hydroxylation sites is 1. The van der Waals surface area contributed by atoms with Gasteiger partial charge >= 0.3 is 0 Å². The molecule has 1 aliphatic heterocycles. The first-order valence-electron chi connectivity index (χ1n) is 14.5. The van der Waals surface area contributed by atoms with Gasteiger partial charge in [-0.1, -0.05) is 43.5 Å². The molecule has 214 valence electrons. The second-order valence-corrected chi connectivity index (χ2v) is 11.4. The van der Waals surface area contributed by atoms with Gasteiger partial charge in [-0.15, -0.1) is 0 Å². The normalized spacial score (nSPS) is 20.0. The topological polar surface area (TPSA) is 68.0 Å². The maximum Gasteiger partial charge on any atom is 0.226 e. The van der Waals surface area contributed by atoms with E-state index in [2.05, 4.69) is 15.3 Å². The molecule has 0 spiro atoms. The maximum atomic E-state index is 14.3. The van der Waals surface area contributed by atoms with E-state index in [1.54, 1.807) is 16.9 Å². The van der Waals surface area contributed by atoms with Gasteiger partial charge in [0, 0.05) is 49.9 Å². The minimum absolute atomic E-state index is 0.119. The fourth-order valence-electron chi connectivity index (χ4n) is 6.55. The van der Waals surface area contributed by atoms with Crippen LogP contribution in [0, 0.1) is 18.6 Å². The zero-order valence-corrected chi connectivity index (χ0v) is 23.6. The van der Waals surface area contributed by atoms with Crippen LogP contribution in [-0.4, -0.2) is 55.5 Å². The number of amides is 1. The van der Waals surface area contributed by atoms with E-state index in [1.165, 1.54) is 31.4 Å². The molecule has 1 N–H and O–H groups in total. The molecular weight excluding hydrogens is 522 g/mol. The van der Waals surface area contributed by atoms with Crippen molar-refractivity contribution in [2.75, 3.05) is 13.1 Å². The zero-order chi connectivity index (χ0) is 28.5. The molecule has 1 amide bonds.